The van der Waals surface area contributed by atoms with Crippen LogP contribution in [0.4, 0.5) is 10.3 Å². The van der Waals surface area contributed by atoms with E-state index >= 15 is 0 Å². The quantitative estimate of drug-likeness (QED) is 0.172. The Morgan fingerprint density at radius 2 is 1.54 bits per heavy atom. The summed E-state index contributed by atoms with van der Waals surface area (Å²) in [7, 11) is -5.42. The van der Waals surface area contributed by atoms with E-state index in [0.717, 1.165) is 18.4 Å². The van der Waals surface area contributed by atoms with Gasteiger partial charge in [-0.25, -0.2) is 30.5 Å². The van der Waals surface area contributed by atoms with Crippen molar-refractivity contribution in [2.75, 3.05) is 44.2 Å². The van der Waals surface area contributed by atoms with Crippen LogP contribution in [-0.2, 0) is 26.3 Å². The second-order valence-corrected chi connectivity index (χ2v) is 21.3. The first kappa shape index (κ1) is 34.8. The smallest absolute Gasteiger partial charge is 0.246 e. The van der Waals surface area contributed by atoms with Crippen molar-refractivity contribution < 1.29 is 35.4 Å². The molecule has 0 spiro atoms. The van der Waals surface area contributed by atoms with Crippen LogP contribution in [0.15, 0.2) is 59.5 Å². The van der Waals surface area contributed by atoms with Crippen molar-refractivity contribution in [1.29, 1.82) is 0 Å². The predicted molar refractivity (Wildman–Crippen MR) is 177 cm³/mol. The van der Waals surface area contributed by atoms with Crippen LogP contribution in [0, 0.1) is 5.82 Å². The SMILES string of the molecule is COc1cccc(-c2nnc(N(CC[Si-](C)(C)C)S(=O)(=O)CCc3ccc(F)cc3S(C)(=O)=O)n2-c2c(OC)cccc2OC)n1. The van der Waals surface area contributed by atoms with Gasteiger partial charge in [0.2, 0.25) is 21.9 Å². The summed E-state index contributed by atoms with van der Waals surface area (Å²) in [6.07, 6.45) is 0.766. The number of methoxy groups -OCH3 is 3. The van der Waals surface area contributed by atoms with Gasteiger partial charge in [0.25, 0.3) is 0 Å². The predicted octanol–water partition coefficient (Wildman–Crippen LogP) is 4.61. The van der Waals surface area contributed by atoms with Gasteiger partial charge >= 0.3 is 0 Å². The van der Waals surface area contributed by atoms with Gasteiger partial charge in [0.1, 0.15) is 28.7 Å². The summed E-state index contributed by atoms with van der Waals surface area (Å²) >= 11 is 0. The highest BCUT2D eigenvalue weighted by Gasteiger charge is 2.32. The van der Waals surface area contributed by atoms with E-state index in [2.05, 4.69) is 34.8 Å². The largest absolute Gasteiger partial charge is 0.494 e. The summed E-state index contributed by atoms with van der Waals surface area (Å²) in [4.78, 5) is 4.26. The van der Waals surface area contributed by atoms with Gasteiger partial charge in [-0.1, -0.05) is 18.2 Å². The summed E-state index contributed by atoms with van der Waals surface area (Å²) in [5.74, 6) is -0.0420. The summed E-state index contributed by atoms with van der Waals surface area (Å²) in [6.45, 7) is 6.43. The molecular formula is C30H38FN5O7S2Si-. The molecule has 0 N–H and O–H groups in total. The lowest BCUT2D eigenvalue weighted by Gasteiger charge is -2.32. The molecule has 2 aromatic heterocycles. The minimum absolute atomic E-state index is 0.0388. The van der Waals surface area contributed by atoms with Crippen molar-refractivity contribution in [2.45, 2.75) is 37.0 Å². The fourth-order valence-electron chi connectivity index (χ4n) is 4.74. The first-order valence-electron chi connectivity index (χ1n) is 14.3. The molecule has 0 aliphatic carbocycles. The molecule has 0 aliphatic rings. The first-order chi connectivity index (χ1) is 21.6. The molecule has 0 radical (unpaired) electrons. The van der Waals surface area contributed by atoms with E-state index in [1.165, 1.54) is 36.3 Å². The standard InChI is InChI=1S/C30H38FN5O7S2Si/c1-41-24-11-9-12-25(42-2)28(24)36-29(23-10-8-13-27(32-23)43-3)33-34-30(36)35(17-19-46(5,6)7)45(39,40)18-16-21-14-15-22(31)20-26(21)44(4,37)38/h8-15,20H,16-19H2,1-7H3/q-1. The maximum atomic E-state index is 14.3. The van der Waals surface area contributed by atoms with E-state index in [1.54, 1.807) is 36.4 Å². The minimum Gasteiger partial charge on any atom is -0.494 e. The molecule has 0 saturated carbocycles. The maximum absolute atomic E-state index is 14.3. The number of para-hydroxylation sites is 1. The van der Waals surface area contributed by atoms with Crippen LogP contribution in [0.2, 0.25) is 25.7 Å². The molecule has 4 aromatic rings. The lowest BCUT2D eigenvalue weighted by Crippen LogP contribution is -2.39. The molecule has 16 heteroatoms. The summed E-state index contributed by atoms with van der Waals surface area (Å²) < 4.78 is 86.9. The van der Waals surface area contributed by atoms with Crippen molar-refractivity contribution >= 4 is 33.9 Å². The Hall–Kier alpha value is -4.02. The van der Waals surface area contributed by atoms with Crippen LogP contribution in [0.1, 0.15) is 5.56 Å². The third-order valence-electron chi connectivity index (χ3n) is 7.11. The fraction of sp³-hybridized carbons (Fsp3) is 0.367. The van der Waals surface area contributed by atoms with Crippen LogP contribution < -0.4 is 18.5 Å². The molecule has 4 rings (SSSR count). The van der Waals surface area contributed by atoms with Gasteiger partial charge in [-0.3, -0.25) is 4.57 Å². The zero-order chi connectivity index (χ0) is 33.9. The Balaban J connectivity index is 1.94. The summed E-state index contributed by atoms with van der Waals surface area (Å²) in [5.41, 5.74) is 0.877. The molecule has 0 bridgehead atoms. The summed E-state index contributed by atoms with van der Waals surface area (Å²) in [5, 5.41) is 8.81. The molecule has 0 fully saturated rings. The van der Waals surface area contributed by atoms with Crippen molar-refractivity contribution in [1.82, 2.24) is 19.7 Å². The Morgan fingerprint density at radius 3 is 2.13 bits per heavy atom. The third-order valence-corrected chi connectivity index (χ3v) is 11.8. The van der Waals surface area contributed by atoms with Crippen molar-refractivity contribution in [2.24, 2.45) is 0 Å². The number of nitrogens with zero attached hydrogens (tertiary/aromatic N) is 5. The van der Waals surface area contributed by atoms with Gasteiger partial charge in [-0.05, 0) is 42.3 Å². The molecular weight excluding hydrogens is 654 g/mol. The van der Waals surface area contributed by atoms with E-state index in [9.17, 15) is 21.2 Å². The number of sulfone groups is 1. The van der Waals surface area contributed by atoms with Crippen molar-refractivity contribution in [3.63, 3.8) is 0 Å². The highest BCUT2D eigenvalue weighted by molar-refractivity contribution is 7.92. The zero-order valence-corrected chi connectivity index (χ0v) is 29.4. The maximum Gasteiger partial charge on any atom is 0.246 e. The van der Waals surface area contributed by atoms with Crippen molar-refractivity contribution in [3.05, 3.63) is 66.0 Å². The van der Waals surface area contributed by atoms with Gasteiger partial charge in [0.05, 0.1) is 32.0 Å². The van der Waals surface area contributed by atoms with Gasteiger partial charge in [-0.15, -0.1) is 24.3 Å². The number of halogens is 1. The topological polar surface area (TPSA) is 143 Å². The van der Waals surface area contributed by atoms with E-state index in [0.29, 0.717) is 34.8 Å². The highest BCUT2D eigenvalue weighted by Crippen LogP contribution is 2.39. The second kappa shape index (κ2) is 13.8. The minimum atomic E-state index is -4.20. The van der Waals surface area contributed by atoms with Gasteiger partial charge in [0, 0.05) is 18.9 Å². The molecule has 12 nitrogen and oxygen atoms in total. The van der Waals surface area contributed by atoms with Gasteiger partial charge in [0.15, 0.2) is 15.7 Å². The average Bonchev–Trinajstić information content (AvgIpc) is 3.43. The van der Waals surface area contributed by atoms with E-state index in [1.807, 2.05) is 0 Å². The fourth-order valence-corrected chi connectivity index (χ4v) is 8.21. The molecule has 0 aliphatic heterocycles. The van der Waals surface area contributed by atoms with E-state index in [-0.39, 0.29) is 35.2 Å². The number of aryl methyl sites for hydroxylation is 1. The van der Waals surface area contributed by atoms with E-state index < -0.39 is 39.5 Å². The number of benzene rings is 2. The lowest BCUT2D eigenvalue weighted by atomic mass is 10.2. The van der Waals surface area contributed by atoms with Crippen LogP contribution in [-0.4, -0.2) is 84.5 Å². The highest BCUT2D eigenvalue weighted by atomic mass is 32.2. The Morgan fingerprint density at radius 1 is 0.891 bits per heavy atom. The number of aromatic nitrogens is 4. The molecule has 0 saturated heterocycles. The van der Waals surface area contributed by atoms with Crippen LogP contribution in [0.5, 0.6) is 17.4 Å². The molecule has 249 valence electrons. The Kier molecular flexibility index (Phi) is 10.4. The monoisotopic (exact) mass is 691 g/mol. The number of hydrogen-bond donors (Lipinski definition) is 0. The summed E-state index contributed by atoms with van der Waals surface area (Å²) in [6, 6.07) is 14.1. The van der Waals surface area contributed by atoms with Crippen LogP contribution in [0.25, 0.3) is 17.2 Å². The number of ether oxygens (including phenoxy) is 3. The van der Waals surface area contributed by atoms with Gasteiger partial charge < -0.3 is 14.2 Å². The number of hydrogen-bond acceptors (Lipinski definition) is 10. The normalized spacial score (nSPS) is 12.2. The third kappa shape index (κ3) is 7.85. The van der Waals surface area contributed by atoms with Crippen LogP contribution in [0.3, 0.4) is 0 Å². The van der Waals surface area contributed by atoms with Gasteiger partial charge in [-0.2, -0.15) is 19.6 Å². The second-order valence-electron chi connectivity index (χ2n) is 11.7. The number of anilines is 1. The van der Waals surface area contributed by atoms with Crippen LogP contribution >= 0.6 is 0 Å². The molecule has 0 unspecified atom stereocenters. The number of rotatable bonds is 14. The molecule has 0 atom stereocenters. The molecule has 46 heavy (non-hydrogen) atoms. The Bertz CT molecular complexity index is 1910. The van der Waals surface area contributed by atoms with Crippen molar-refractivity contribution in [3.8, 4) is 34.6 Å². The zero-order valence-electron chi connectivity index (χ0n) is 26.8. The molecule has 2 heterocycles. The number of sulfonamides is 1. The average molecular weight is 692 g/mol. The number of pyridine rings is 1. The van der Waals surface area contributed by atoms with E-state index in [4.69, 9.17) is 14.2 Å². The first-order valence-corrected chi connectivity index (χ1v) is 21.5. The molecule has 2 aromatic carbocycles. The molecule has 0 amide bonds. The Labute approximate surface area is 270 Å². The lowest BCUT2D eigenvalue weighted by molar-refractivity contribution is 0.391.